The van der Waals surface area contributed by atoms with E-state index >= 15 is 0 Å². The number of aliphatic carboxylic acids is 1. The van der Waals surface area contributed by atoms with Crippen LogP contribution in [0, 0.1) is 0 Å². The van der Waals surface area contributed by atoms with E-state index in [0.29, 0.717) is 0 Å². The van der Waals surface area contributed by atoms with Crippen LogP contribution in [0.1, 0.15) is 20.8 Å². The van der Waals surface area contributed by atoms with Gasteiger partial charge in [-0.3, -0.25) is 4.79 Å². The van der Waals surface area contributed by atoms with E-state index in [-0.39, 0.29) is 18.4 Å². The molecule has 12 heavy (non-hydrogen) atoms. The summed E-state index contributed by atoms with van der Waals surface area (Å²) >= 11 is 0. The number of carboxylic acids is 1. The zero-order valence-corrected chi connectivity index (χ0v) is 7.57. The van der Waals surface area contributed by atoms with Gasteiger partial charge in [-0.2, -0.15) is 0 Å². The lowest BCUT2D eigenvalue weighted by molar-refractivity contribution is -0.141. The molecule has 0 spiro atoms. The zero-order valence-electron chi connectivity index (χ0n) is 7.57. The molecule has 1 atom stereocenters. The predicted molar refractivity (Wildman–Crippen MR) is 43.5 cm³/mol. The number of hydrogen-bond acceptors (Lipinski definition) is 3. The van der Waals surface area contributed by atoms with E-state index in [9.17, 15) is 4.79 Å². The van der Waals surface area contributed by atoms with Crippen molar-refractivity contribution in [3.63, 3.8) is 0 Å². The summed E-state index contributed by atoms with van der Waals surface area (Å²) in [5.74, 6) is -1.03. The quantitative estimate of drug-likeness (QED) is 0.616. The minimum absolute atomic E-state index is 0. The first-order valence-corrected chi connectivity index (χ1v) is 3.45. The molecule has 5 nitrogen and oxygen atoms in total. The summed E-state index contributed by atoms with van der Waals surface area (Å²) in [5, 5.41) is 8.37. The third-order valence-corrected chi connectivity index (χ3v) is 1.01. The summed E-state index contributed by atoms with van der Waals surface area (Å²) in [4.78, 5) is 10.2. The second-order valence-electron chi connectivity index (χ2n) is 3.37. The molecule has 0 unspecified atom stereocenters. The highest BCUT2D eigenvalue weighted by Crippen LogP contribution is 2.06. The van der Waals surface area contributed by atoms with Gasteiger partial charge in [0.1, 0.15) is 6.04 Å². The fourth-order valence-corrected chi connectivity index (χ4v) is 0.411. The Hall–Kier alpha value is -0.650. The summed E-state index contributed by atoms with van der Waals surface area (Å²) < 4.78 is 5.15. The Labute approximate surface area is 72.5 Å². The van der Waals surface area contributed by atoms with E-state index in [1.54, 1.807) is 0 Å². The monoisotopic (exact) mass is 175 g/mol. The molecule has 0 heterocycles. The van der Waals surface area contributed by atoms with Gasteiger partial charge in [-0.15, -0.1) is 0 Å². The van der Waals surface area contributed by atoms with Crippen LogP contribution in [0.15, 0.2) is 0 Å². The zero-order chi connectivity index (χ0) is 9.07. The van der Waals surface area contributed by atoms with Crippen molar-refractivity contribution in [1.29, 1.82) is 0 Å². The molecule has 0 aliphatic heterocycles. The summed E-state index contributed by atoms with van der Waals surface area (Å²) in [7, 11) is 0. The largest absolute Gasteiger partial charge is 0.480 e. The molecule has 71 valence electrons. The van der Waals surface area contributed by atoms with Crippen molar-refractivity contribution in [3.8, 4) is 0 Å². The number of rotatable bonds is 3. The summed E-state index contributed by atoms with van der Waals surface area (Å²) in [6.07, 6.45) is 0. The van der Waals surface area contributed by atoms with Gasteiger partial charge in [0, 0.05) is 6.15 Å². The van der Waals surface area contributed by atoms with Gasteiger partial charge in [-0.1, -0.05) is 0 Å². The van der Waals surface area contributed by atoms with Crippen molar-refractivity contribution in [2.75, 3.05) is 6.61 Å². The highest BCUT2D eigenvalue weighted by molar-refractivity contribution is 5.73. The standard InChI is InChI=1S/C7H15NO3.N/c1-7(2,3)11-4-5(8)6(9)10;/h5H,4,8H2,1-3H3,(H,9,10);/t5-;/m0./s1. The van der Waals surface area contributed by atoms with Crippen LogP contribution in [-0.2, 0) is 9.53 Å². The van der Waals surface area contributed by atoms with E-state index in [2.05, 4.69) is 0 Å². The predicted octanol–water partition coefficient (Wildman–Crippen LogP) is -0.267. The van der Waals surface area contributed by atoms with Crippen molar-refractivity contribution >= 4 is 5.97 Å². The lowest BCUT2D eigenvalue weighted by atomic mass is 10.2. The van der Waals surface area contributed by atoms with Gasteiger partial charge in [0.2, 0.25) is 0 Å². The first-order chi connectivity index (χ1) is 4.83. The Morgan fingerprint density at radius 3 is 2.25 bits per heavy atom. The van der Waals surface area contributed by atoms with Crippen molar-refractivity contribution in [2.24, 2.45) is 5.73 Å². The van der Waals surface area contributed by atoms with Crippen LogP contribution in [0.25, 0.3) is 0 Å². The first-order valence-electron chi connectivity index (χ1n) is 3.45. The number of ether oxygens (including phenoxy) is 1. The molecule has 0 amide bonds. The molecule has 0 aromatic heterocycles. The molecular formula is C7H15N2O3. The van der Waals surface area contributed by atoms with E-state index < -0.39 is 12.0 Å². The van der Waals surface area contributed by atoms with Crippen LogP contribution in [0.5, 0.6) is 0 Å². The van der Waals surface area contributed by atoms with E-state index in [4.69, 9.17) is 15.6 Å². The Morgan fingerprint density at radius 2 is 2.00 bits per heavy atom. The van der Waals surface area contributed by atoms with Crippen molar-refractivity contribution in [1.82, 2.24) is 6.15 Å². The van der Waals surface area contributed by atoms with Crippen LogP contribution < -0.4 is 11.9 Å². The van der Waals surface area contributed by atoms with Gasteiger partial charge in [-0.25, -0.2) is 0 Å². The second-order valence-corrected chi connectivity index (χ2v) is 3.37. The Morgan fingerprint density at radius 1 is 1.58 bits per heavy atom. The molecule has 3 radical (unpaired) electrons. The van der Waals surface area contributed by atoms with Crippen LogP contribution >= 0.6 is 0 Å². The third-order valence-electron chi connectivity index (χ3n) is 1.01. The highest BCUT2D eigenvalue weighted by atomic mass is 16.5. The maximum absolute atomic E-state index is 10.2. The normalized spacial score (nSPS) is 13.3. The minimum Gasteiger partial charge on any atom is -0.480 e. The Kier molecular flexibility index (Phi) is 5.88. The smallest absolute Gasteiger partial charge is 0.322 e. The van der Waals surface area contributed by atoms with Crippen molar-refractivity contribution in [3.05, 3.63) is 0 Å². The Balaban J connectivity index is 0. The van der Waals surface area contributed by atoms with Crippen molar-refractivity contribution in [2.45, 2.75) is 32.4 Å². The topological polar surface area (TPSA) is 103 Å². The number of carbonyl (C=O) groups is 1. The molecule has 0 aliphatic carbocycles. The van der Waals surface area contributed by atoms with Gasteiger partial charge in [0.15, 0.2) is 0 Å². The maximum Gasteiger partial charge on any atom is 0.322 e. The van der Waals surface area contributed by atoms with E-state index in [0.717, 1.165) is 0 Å². The molecule has 3 N–H and O–H groups in total. The molecule has 0 fully saturated rings. The van der Waals surface area contributed by atoms with Crippen molar-refractivity contribution < 1.29 is 14.6 Å². The molecule has 0 rings (SSSR count). The summed E-state index contributed by atoms with van der Waals surface area (Å²) in [6, 6.07) is -0.922. The molecule has 0 aromatic carbocycles. The SMILES string of the molecule is CC(C)(C)OC[C@H](N)C(=O)O.[N]. The fraction of sp³-hybridized carbons (Fsp3) is 0.857. The number of hydrogen-bond donors (Lipinski definition) is 2. The molecule has 0 saturated carbocycles. The maximum atomic E-state index is 10.2. The summed E-state index contributed by atoms with van der Waals surface area (Å²) in [5.41, 5.74) is 4.87. The van der Waals surface area contributed by atoms with Crippen LogP contribution in [-0.4, -0.2) is 29.3 Å². The summed E-state index contributed by atoms with van der Waals surface area (Å²) in [6.45, 7) is 5.60. The number of nitrogens with zero attached hydrogens (tertiary/aromatic N) is 1. The minimum atomic E-state index is -1.03. The van der Waals surface area contributed by atoms with Gasteiger partial charge in [0.25, 0.3) is 0 Å². The molecular weight excluding hydrogens is 160 g/mol. The van der Waals surface area contributed by atoms with Gasteiger partial charge >= 0.3 is 5.97 Å². The molecule has 0 aliphatic rings. The van der Waals surface area contributed by atoms with Gasteiger partial charge in [-0.05, 0) is 20.8 Å². The van der Waals surface area contributed by atoms with Crippen LogP contribution in [0.2, 0.25) is 0 Å². The molecule has 0 saturated heterocycles. The van der Waals surface area contributed by atoms with Gasteiger partial charge in [0.05, 0.1) is 12.2 Å². The average molecular weight is 175 g/mol. The van der Waals surface area contributed by atoms with Crippen LogP contribution in [0.4, 0.5) is 0 Å². The van der Waals surface area contributed by atoms with Gasteiger partial charge < -0.3 is 15.6 Å². The molecule has 5 heteroatoms. The number of carboxylic acid groups (broad SMARTS) is 1. The number of nitrogens with two attached hydrogens (primary N) is 1. The lowest BCUT2D eigenvalue weighted by Crippen LogP contribution is -2.37. The fourth-order valence-electron chi connectivity index (χ4n) is 0.411. The average Bonchev–Trinajstić information content (AvgIpc) is 1.80. The second kappa shape index (κ2) is 5.08. The Bertz CT molecular complexity index is 142. The molecule has 0 bridgehead atoms. The highest BCUT2D eigenvalue weighted by Gasteiger charge is 2.16. The third kappa shape index (κ3) is 7.46. The lowest BCUT2D eigenvalue weighted by Gasteiger charge is -2.20. The molecule has 0 aromatic rings. The first kappa shape index (κ1) is 13.9. The van der Waals surface area contributed by atoms with E-state index in [1.807, 2.05) is 20.8 Å². The van der Waals surface area contributed by atoms with Crippen LogP contribution in [0.3, 0.4) is 0 Å². The van der Waals surface area contributed by atoms with E-state index in [1.165, 1.54) is 0 Å².